The molecule has 3 aromatic rings. The summed E-state index contributed by atoms with van der Waals surface area (Å²) in [5.74, 6) is -0.473. The van der Waals surface area contributed by atoms with Crippen LogP contribution in [0, 0.1) is 5.41 Å². The normalized spacial score (nSPS) is 15.2. The van der Waals surface area contributed by atoms with E-state index in [1.54, 1.807) is 61.6 Å². The van der Waals surface area contributed by atoms with Gasteiger partial charge in [0.1, 0.15) is 11.4 Å². The molecule has 2 aromatic carbocycles. The van der Waals surface area contributed by atoms with Crippen molar-refractivity contribution in [2.75, 3.05) is 26.8 Å². The smallest absolute Gasteiger partial charge is 0.380 e. The third-order valence-electron chi connectivity index (χ3n) is 5.80. The molecule has 4 nitrogen and oxygen atoms in total. The molecule has 174 valence electrons. The lowest BCUT2D eigenvalue weighted by molar-refractivity contribution is -0.143. The Morgan fingerprint density at radius 3 is 2.30 bits per heavy atom. The Kier molecular flexibility index (Phi) is 6.29. The Labute approximate surface area is 195 Å². The number of carbonyl (C=O) groups excluding carboxylic acids is 1. The minimum Gasteiger partial charge on any atom is -0.380 e. The van der Waals surface area contributed by atoms with Crippen molar-refractivity contribution in [2.45, 2.75) is 19.6 Å². The fraction of sp³-hybridized carbons (Fsp3) is 0.320. The van der Waals surface area contributed by atoms with Crippen LogP contribution >= 0.6 is 11.6 Å². The first-order valence-corrected chi connectivity index (χ1v) is 10.9. The summed E-state index contributed by atoms with van der Waals surface area (Å²) < 4.78 is 48.8. The van der Waals surface area contributed by atoms with Gasteiger partial charge < -0.3 is 14.2 Å². The predicted molar refractivity (Wildman–Crippen MR) is 121 cm³/mol. The highest BCUT2D eigenvalue weighted by atomic mass is 35.5. The molecule has 4 rings (SSSR count). The van der Waals surface area contributed by atoms with E-state index in [9.17, 15) is 18.0 Å². The van der Waals surface area contributed by atoms with Gasteiger partial charge in [-0.1, -0.05) is 61.0 Å². The van der Waals surface area contributed by atoms with Crippen molar-refractivity contribution in [2.24, 2.45) is 5.41 Å². The predicted octanol–water partition coefficient (Wildman–Crippen LogP) is 5.98. The number of rotatable bonds is 6. The largest absolute Gasteiger partial charge is 0.431 e. The molecule has 0 bridgehead atoms. The number of ether oxygens (including phenoxy) is 1. The summed E-state index contributed by atoms with van der Waals surface area (Å²) in [7, 11) is 1.62. The van der Waals surface area contributed by atoms with E-state index in [0.29, 0.717) is 35.9 Å². The van der Waals surface area contributed by atoms with Crippen molar-refractivity contribution < 1.29 is 22.7 Å². The Bertz CT molecular complexity index is 1140. The summed E-state index contributed by atoms with van der Waals surface area (Å²) in [6, 6.07) is 16.3. The lowest BCUT2D eigenvalue weighted by Gasteiger charge is -2.40. The maximum atomic E-state index is 14.1. The molecule has 8 heteroatoms. The van der Waals surface area contributed by atoms with E-state index in [0.717, 1.165) is 10.6 Å². The van der Waals surface area contributed by atoms with Crippen molar-refractivity contribution in [3.8, 4) is 11.1 Å². The second kappa shape index (κ2) is 8.88. The van der Waals surface area contributed by atoms with Gasteiger partial charge in [-0.05, 0) is 29.3 Å². The third kappa shape index (κ3) is 4.94. The van der Waals surface area contributed by atoms with Gasteiger partial charge in [0, 0.05) is 36.1 Å². The van der Waals surface area contributed by atoms with Crippen LogP contribution in [0.1, 0.15) is 28.7 Å². The summed E-state index contributed by atoms with van der Waals surface area (Å²) in [6.07, 6.45) is -4.64. The van der Waals surface area contributed by atoms with E-state index in [-0.39, 0.29) is 23.2 Å². The van der Waals surface area contributed by atoms with Crippen LogP contribution in [0.15, 0.2) is 60.7 Å². The van der Waals surface area contributed by atoms with E-state index in [2.05, 4.69) is 0 Å². The van der Waals surface area contributed by atoms with Crippen LogP contribution in [-0.4, -0.2) is 42.2 Å². The van der Waals surface area contributed by atoms with Gasteiger partial charge in [-0.3, -0.25) is 4.79 Å². The molecule has 0 aliphatic carbocycles. The van der Waals surface area contributed by atoms with Gasteiger partial charge in [0.2, 0.25) is 0 Å². The van der Waals surface area contributed by atoms with Crippen molar-refractivity contribution >= 4 is 17.5 Å². The number of hydrogen-bond donors (Lipinski definition) is 0. The van der Waals surface area contributed by atoms with Gasteiger partial charge in [0.25, 0.3) is 5.91 Å². The number of hydrogen-bond acceptors (Lipinski definition) is 2. The number of aromatic nitrogens is 1. The zero-order valence-corrected chi connectivity index (χ0v) is 19.1. The summed E-state index contributed by atoms with van der Waals surface area (Å²) >= 11 is 5.99. The number of nitrogens with zero attached hydrogens (tertiary/aromatic N) is 2. The minimum atomic E-state index is -4.64. The molecule has 1 aliphatic heterocycles. The van der Waals surface area contributed by atoms with E-state index < -0.39 is 17.8 Å². The van der Waals surface area contributed by atoms with E-state index in [1.165, 1.54) is 4.90 Å². The Balaban J connectivity index is 1.86. The minimum absolute atomic E-state index is 0.000146. The van der Waals surface area contributed by atoms with Crippen LogP contribution in [0.25, 0.3) is 11.1 Å². The first-order valence-electron chi connectivity index (χ1n) is 10.5. The van der Waals surface area contributed by atoms with Gasteiger partial charge >= 0.3 is 6.18 Å². The molecule has 0 saturated carbocycles. The Hall–Kier alpha value is -2.77. The molecule has 0 N–H and O–H groups in total. The number of halogens is 4. The number of alkyl halides is 3. The Morgan fingerprint density at radius 1 is 1.12 bits per heavy atom. The van der Waals surface area contributed by atoms with E-state index in [1.807, 2.05) is 6.92 Å². The fourth-order valence-corrected chi connectivity index (χ4v) is 4.29. The molecular weight excluding hydrogens is 453 g/mol. The highest BCUT2D eigenvalue weighted by Crippen LogP contribution is 2.38. The molecule has 1 saturated heterocycles. The molecular formula is C25H24ClF3N2O2. The molecule has 0 spiro atoms. The zero-order valence-electron chi connectivity index (χ0n) is 18.3. The topological polar surface area (TPSA) is 34.5 Å². The summed E-state index contributed by atoms with van der Waals surface area (Å²) in [6.45, 7) is 3.30. The van der Waals surface area contributed by atoms with Crippen LogP contribution in [0.5, 0.6) is 0 Å². The average Bonchev–Trinajstić information content (AvgIpc) is 3.12. The van der Waals surface area contributed by atoms with Crippen LogP contribution in [-0.2, 0) is 17.5 Å². The molecule has 1 fully saturated rings. The molecule has 0 radical (unpaired) electrons. The molecule has 0 unspecified atom stereocenters. The molecule has 2 heterocycles. The summed E-state index contributed by atoms with van der Waals surface area (Å²) in [4.78, 5) is 15.1. The fourth-order valence-electron chi connectivity index (χ4n) is 4.16. The second-order valence-corrected chi connectivity index (χ2v) is 9.27. The van der Waals surface area contributed by atoms with Gasteiger partial charge in [0.05, 0.1) is 13.2 Å². The maximum absolute atomic E-state index is 14.1. The number of benzene rings is 2. The first-order chi connectivity index (χ1) is 15.6. The highest BCUT2D eigenvalue weighted by molar-refractivity contribution is 6.30. The van der Waals surface area contributed by atoms with Crippen LogP contribution < -0.4 is 0 Å². The molecule has 0 atom stereocenters. The van der Waals surface area contributed by atoms with Crippen LogP contribution in [0.4, 0.5) is 13.2 Å². The van der Waals surface area contributed by atoms with Crippen LogP contribution in [0.2, 0.25) is 5.02 Å². The van der Waals surface area contributed by atoms with Gasteiger partial charge in [-0.25, -0.2) is 0 Å². The second-order valence-electron chi connectivity index (χ2n) is 8.83. The molecule has 1 aliphatic rings. The quantitative estimate of drug-likeness (QED) is 0.438. The zero-order chi connectivity index (χ0) is 23.8. The van der Waals surface area contributed by atoms with Gasteiger partial charge in [0.15, 0.2) is 0 Å². The summed E-state index contributed by atoms with van der Waals surface area (Å²) in [5, 5.41) is 0.460. The molecule has 1 aromatic heterocycles. The Morgan fingerprint density at radius 2 is 1.76 bits per heavy atom. The lowest BCUT2D eigenvalue weighted by Crippen LogP contribution is -2.49. The summed E-state index contributed by atoms with van der Waals surface area (Å²) in [5.41, 5.74) is 0.297. The lowest BCUT2D eigenvalue weighted by atomic mass is 9.88. The van der Waals surface area contributed by atoms with Crippen molar-refractivity contribution in [1.29, 1.82) is 0 Å². The van der Waals surface area contributed by atoms with Crippen molar-refractivity contribution in [1.82, 2.24) is 9.47 Å². The standard InChI is InChI=1S/C25H24ClF3N2O2/c1-24(15-33-16-24)14-30(2)23(32)22-20(18-8-10-19(26)11-9-18)12-21(25(27,28)29)31(22)13-17-6-4-3-5-7-17/h3-12H,13-16H2,1-2H3. The van der Waals surface area contributed by atoms with Crippen molar-refractivity contribution in [3.05, 3.63) is 82.6 Å². The van der Waals surface area contributed by atoms with Gasteiger partial charge in [-0.2, -0.15) is 13.2 Å². The number of carbonyl (C=O) groups is 1. The average molecular weight is 477 g/mol. The van der Waals surface area contributed by atoms with E-state index in [4.69, 9.17) is 16.3 Å². The number of amides is 1. The third-order valence-corrected chi connectivity index (χ3v) is 6.05. The van der Waals surface area contributed by atoms with E-state index >= 15 is 0 Å². The monoisotopic (exact) mass is 476 g/mol. The SMILES string of the molecule is CN(CC1(C)COC1)C(=O)c1c(-c2ccc(Cl)cc2)cc(C(F)(F)F)n1Cc1ccccc1. The van der Waals surface area contributed by atoms with Crippen LogP contribution in [0.3, 0.4) is 0 Å². The van der Waals surface area contributed by atoms with Gasteiger partial charge in [-0.15, -0.1) is 0 Å². The molecule has 1 amide bonds. The first kappa shape index (κ1) is 23.4. The molecule has 33 heavy (non-hydrogen) atoms. The highest BCUT2D eigenvalue weighted by Gasteiger charge is 2.40. The maximum Gasteiger partial charge on any atom is 0.431 e. The van der Waals surface area contributed by atoms with Crippen molar-refractivity contribution in [3.63, 3.8) is 0 Å².